The van der Waals surface area contributed by atoms with Crippen molar-refractivity contribution in [3.05, 3.63) is 29.8 Å². The molecule has 4 nitrogen and oxygen atoms in total. The molecule has 0 aromatic heterocycles. The van der Waals surface area contributed by atoms with Crippen molar-refractivity contribution < 1.29 is 9.53 Å². The van der Waals surface area contributed by atoms with Crippen molar-refractivity contribution in [2.45, 2.75) is 32.2 Å². The van der Waals surface area contributed by atoms with Crippen LogP contribution >= 0.6 is 12.4 Å². The molecule has 1 unspecified atom stereocenters. The standard InChI is InChI=1S/C16H24N2O2.ClH/c1-12(14-3-5-15(20-2)6-4-14)18-16(19)11-13-7-9-17-10-8-13;/h3-6,12-13,17H,7-11H2,1-2H3,(H,18,19);1H. The second kappa shape index (κ2) is 8.90. The van der Waals surface area contributed by atoms with Crippen molar-refractivity contribution in [3.8, 4) is 5.75 Å². The maximum atomic E-state index is 12.1. The number of benzene rings is 1. The van der Waals surface area contributed by atoms with Crippen LogP contribution in [0.1, 0.15) is 37.8 Å². The fourth-order valence-corrected chi connectivity index (χ4v) is 2.62. The molecule has 0 aliphatic carbocycles. The van der Waals surface area contributed by atoms with Crippen LogP contribution in [0.3, 0.4) is 0 Å². The zero-order chi connectivity index (χ0) is 14.4. The first-order valence-corrected chi connectivity index (χ1v) is 7.33. The number of halogens is 1. The molecule has 118 valence electrons. The first-order valence-electron chi connectivity index (χ1n) is 7.33. The third-order valence-corrected chi connectivity index (χ3v) is 3.93. The quantitative estimate of drug-likeness (QED) is 0.879. The first-order chi connectivity index (χ1) is 9.69. The molecular formula is C16H25ClN2O2. The highest BCUT2D eigenvalue weighted by Gasteiger charge is 2.18. The summed E-state index contributed by atoms with van der Waals surface area (Å²) in [5.41, 5.74) is 1.10. The maximum Gasteiger partial charge on any atom is 0.220 e. The second-order valence-corrected chi connectivity index (χ2v) is 5.46. The molecule has 2 rings (SSSR count). The Labute approximate surface area is 133 Å². The van der Waals surface area contributed by atoms with E-state index >= 15 is 0 Å². The van der Waals surface area contributed by atoms with Gasteiger partial charge in [0.25, 0.3) is 0 Å². The van der Waals surface area contributed by atoms with Crippen LogP contribution in [0.15, 0.2) is 24.3 Å². The summed E-state index contributed by atoms with van der Waals surface area (Å²) in [5, 5.41) is 6.40. The molecule has 21 heavy (non-hydrogen) atoms. The molecule has 2 N–H and O–H groups in total. The number of hydrogen-bond acceptors (Lipinski definition) is 3. The number of piperidine rings is 1. The Bertz CT molecular complexity index is 430. The summed E-state index contributed by atoms with van der Waals surface area (Å²) < 4.78 is 5.14. The monoisotopic (exact) mass is 312 g/mol. The smallest absolute Gasteiger partial charge is 0.220 e. The van der Waals surface area contributed by atoms with E-state index in [1.165, 1.54) is 0 Å². The number of nitrogens with one attached hydrogen (secondary N) is 2. The lowest BCUT2D eigenvalue weighted by molar-refractivity contribution is -0.122. The van der Waals surface area contributed by atoms with Gasteiger partial charge in [0.1, 0.15) is 5.75 Å². The number of hydrogen-bond donors (Lipinski definition) is 2. The van der Waals surface area contributed by atoms with Gasteiger partial charge in [0.2, 0.25) is 5.91 Å². The van der Waals surface area contributed by atoms with E-state index in [-0.39, 0.29) is 24.4 Å². The Balaban J connectivity index is 0.00000220. The summed E-state index contributed by atoms with van der Waals surface area (Å²) in [6.45, 7) is 4.08. The van der Waals surface area contributed by atoms with Crippen molar-refractivity contribution in [1.29, 1.82) is 0 Å². The number of amides is 1. The minimum absolute atomic E-state index is 0. The Morgan fingerprint density at radius 3 is 2.52 bits per heavy atom. The van der Waals surface area contributed by atoms with Crippen LogP contribution in [-0.2, 0) is 4.79 Å². The van der Waals surface area contributed by atoms with Gasteiger partial charge in [0, 0.05) is 6.42 Å². The summed E-state index contributed by atoms with van der Waals surface area (Å²) in [5.74, 6) is 1.52. The summed E-state index contributed by atoms with van der Waals surface area (Å²) >= 11 is 0. The highest BCUT2D eigenvalue weighted by Crippen LogP contribution is 2.19. The van der Waals surface area contributed by atoms with E-state index in [0.717, 1.165) is 37.2 Å². The number of rotatable bonds is 5. The van der Waals surface area contributed by atoms with Gasteiger partial charge in [0.15, 0.2) is 0 Å². The van der Waals surface area contributed by atoms with Gasteiger partial charge in [-0.15, -0.1) is 12.4 Å². The van der Waals surface area contributed by atoms with Gasteiger partial charge in [-0.3, -0.25) is 4.79 Å². The van der Waals surface area contributed by atoms with Crippen molar-refractivity contribution >= 4 is 18.3 Å². The van der Waals surface area contributed by atoms with Crippen molar-refractivity contribution in [2.75, 3.05) is 20.2 Å². The predicted octanol–water partition coefficient (Wildman–Crippen LogP) is 2.68. The molecule has 1 fully saturated rings. The van der Waals surface area contributed by atoms with E-state index in [9.17, 15) is 4.79 Å². The lowest BCUT2D eigenvalue weighted by atomic mass is 9.94. The lowest BCUT2D eigenvalue weighted by Crippen LogP contribution is -2.33. The molecule has 1 aromatic rings. The van der Waals surface area contributed by atoms with Gasteiger partial charge in [0.05, 0.1) is 13.2 Å². The zero-order valence-corrected chi connectivity index (χ0v) is 13.5. The minimum atomic E-state index is 0. The Morgan fingerprint density at radius 2 is 1.95 bits per heavy atom. The van der Waals surface area contributed by atoms with Crippen LogP contribution < -0.4 is 15.4 Å². The number of ether oxygens (including phenoxy) is 1. The minimum Gasteiger partial charge on any atom is -0.497 e. The van der Waals surface area contributed by atoms with Gasteiger partial charge in [-0.05, 0) is 56.5 Å². The molecule has 1 atom stereocenters. The molecule has 1 aliphatic heterocycles. The fourth-order valence-electron chi connectivity index (χ4n) is 2.62. The van der Waals surface area contributed by atoms with E-state index in [0.29, 0.717) is 12.3 Å². The van der Waals surface area contributed by atoms with Crippen LogP contribution in [0.2, 0.25) is 0 Å². The second-order valence-electron chi connectivity index (χ2n) is 5.46. The average molecular weight is 313 g/mol. The van der Waals surface area contributed by atoms with Gasteiger partial charge in [-0.1, -0.05) is 12.1 Å². The predicted molar refractivity (Wildman–Crippen MR) is 87.0 cm³/mol. The molecule has 0 saturated carbocycles. The van der Waals surface area contributed by atoms with Crippen LogP contribution in [-0.4, -0.2) is 26.1 Å². The van der Waals surface area contributed by atoms with Crippen LogP contribution in [0.5, 0.6) is 5.75 Å². The molecule has 0 spiro atoms. The van der Waals surface area contributed by atoms with Crippen molar-refractivity contribution in [2.24, 2.45) is 5.92 Å². The number of methoxy groups -OCH3 is 1. The van der Waals surface area contributed by atoms with Crippen molar-refractivity contribution in [1.82, 2.24) is 10.6 Å². The maximum absolute atomic E-state index is 12.1. The topological polar surface area (TPSA) is 50.4 Å². The summed E-state index contributed by atoms with van der Waals surface area (Å²) in [6, 6.07) is 7.87. The third kappa shape index (κ3) is 5.56. The largest absolute Gasteiger partial charge is 0.497 e. The summed E-state index contributed by atoms with van der Waals surface area (Å²) in [6.07, 6.45) is 2.84. The van der Waals surface area contributed by atoms with Crippen LogP contribution in [0.25, 0.3) is 0 Å². The third-order valence-electron chi connectivity index (χ3n) is 3.93. The molecule has 0 bridgehead atoms. The molecule has 1 amide bonds. The molecule has 1 heterocycles. The number of carbonyl (C=O) groups excluding carboxylic acids is 1. The fraction of sp³-hybridized carbons (Fsp3) is 0.562. The van der Waals surface area contributed by atoms with Gasteiger partial charge < -0.3 is 15.4 Å². The van der Waals surface area contributed by atoms with Crippen LogP contribution in [0, 0.1) is 5.92 Å². The zero-order valence-electron chi connectivity index (χ0n) is 12.7. The Morgan fingerprint density at radius 1 is 1.33 bits per heavy atom. The molecular weight excluding hydrogens is 288 g/mol. The first kappa shape index (κ1) is 17.8. The lowest BCUT2D eigenvalue weighted by Gasteiger charge is -2.23. The highest BCUT2D eigenvalue weighted by molar-refractivity contribution is 5.85. The number of carbonyl (C=O) groups is 1. The SMILES string of the molecule is COc1ccc(C(C)NC(=O)CC2CCNCC2)cc1.Cl. The summed E-state index contributed by atoms with van der Waals surface area (Å²) in [7, 11) is 1.65. The Hall–Kier alpha value is -1.26. The normalized spacial score (nSPS) is 16.7. The van der Waals surface area contributed by atoms with E-state index in [4.69, 9.17) is 4.74 Å². The molecule has 1 saturated heterocycles. The average Bonchev–Trinajstić information content (AvgIpc) is 2.48. The molecule has 0 radical (unpaired) electrons. The van der Waals surface area contributed by atoms with Gasteiger partial charge >= 0.3 is 0 Å². The molecule has 1 aromatic carbocycles. The molecule has 5 heteroatoms. The van der Waals surface area contributed by atoms with E-state index in [1.54, 1.807) is 7.11 Å². The van der Waals surface area contributed by atoms with Crippen LogP contribution in [0.4, 0.5) is 0 Å². The Kier molecular flexibility index (Phi) is 7.54. The van der Waals surface area contributed by atoms with E-state index in [2.05, 4.69) is 10.6 Å². The van der Waals surface area contributed by atoms with E-state index in [1.807, 2.05) is 31.2 Å². The highest BCUT2D eigenvalue weighted by atomic mass is 35.5. The van der Waals surface area contributed by atoms with Gasteiger partial charge in [-0.25, -0.2) is 0 Å². The molecule has 1 aliphatic rings. The van der Waals surface area contributed by atoms with E-state index < -0.39 is 0 Å². The summed E-state index contributed by atoms with van der Waals surface area (Å²) in [4.78, 5) is 12.1. The van der Waals surface area contributed by atoms with Crippen molar-refractivity contribution in [3.63, 3.8) is 0 Å². The van der Waals surface area contributed by atoms with Gasteiger partial charge in [-0.2, -0.15) is 0 Å².